The quantitative estimate of drug-likeness (QED) is 0.848. The summed E-state index contributed by atoms with van der Waals surface area (Å²) in [6.07, 6.45) is 1.20. The van der Waals surface area contributed by atoms with E-state index in [1.165, 1.54) is 0 Å². The van der Waals surface area contributed by atoms with Gasteiger partial charge in [-0.25, -0.2) is 0 Å². The fourth-order valence-electron chi connectivity index (χ4n) is 1.66. The fourth-order valence-corrected chi connectivity index (χ4v) is 3.21. The summed E-state index contributed by atoms with van der Waals surface area (Å²) < 4.78 is 12.0. The summed E-state index contributed by atoms with van der Waals surface area (Å²) in [7, 11) is -1.35. The predicted molar refractivity (Wildman–Crippen MR) is 69.4 cm³/mol. The summed E-state index contributed by atoms with van der Waals surface area (Å²) >= 11 is 0. The molecule has 2 atom stereocenters. The van der Waals surface area contributed by atoms with Crippen molar-refractivity contribution in [2.75, 3.05) is 0 Å². The number of carboxylic acid groups (broad SMARTS) is 1. The molecule has 0 aliphatic carbocycles. The van der Waals surface area contributed by atoms with E-state index in [0.29, 0.717) is 12.2 Å². The number of rotatable bonds is 6. The Labute approximate surface area is 104 Å². The SMILES string of the molecule is CCCC(C(=O)O)S(=O)Cc1ccccc1C. The zero-order valence-corrected chi connectivity index (χ0v) is 11.0. The van der Waals surface area contributed by atoms with E-state index in [-0.39, 0.29) is 0 Å². The average Bonchev–Trinajstić information content (AvgIpc) is 2.28. The molecule has 1 rings (SSSR count). The number of hydrogen-bond acceptors (Lipinski definition) is 2. The highest BCUT2D eigenvalue weighted by atomic mass is 32.2. The Balaban J connectivity index is 2.77. The standard InChI is InChI=1S/C13H18O3S/c1-3-6-12(13(14)15)17(16)9-11-8-5-4-7-10(11)2/h4-5,7-8,12H,3,6,9H2,1-2H3,(H,14,15). The molecule has 1 N–H and O–H groups in total. The minimum absolute atomic E-state index is 0.323. The molecule has 0 spiro atoms. The molecule has 4 heteroatoms. The van der Waals surface area contributed by atoms with Crippen molar-refractivity contribution in [3.63, 3.8) is 0 Å². The number of hydrogen-bond donors (Lipinski definition) is 1. The van der Waals surface area contributed by atoms with Gasteiger partial charge < -0.3 is 5.11 Å². The highest BCUT2D eigenvalue weighted by Gasteiger charge is 2.23. The van der Waals surface area contributed by atoms with Crippen molar-refractivity contribution in [3.05, 3.63) is 35.4 Å². The highest BCUT2D eigenvalue weighted by Crippen LogP contribution is 2.14. The van der Waals surface area contributed by atoms with E-state index in [1.54, 1.807) is 0 Å². The van der Waals surface area contributed by atoms with E-state index in [4.69, 9.17) is 5.11 Å². The van der Waals surface area contributed by atoms with Gasteiger partial charge in [-0.05, 0) is 24.5 Å². The van der Waals surface area contributed by atoms with Crippen molar-refractivity contribution in [2.24, 2.45) is 0 Å². The van der Waals surface area contributed by atoms with Gasteiger partial charge in [0.1, 0.15) is 5.25 Å². The van der Waals surface area contributed by atoms with Crippen LogP contribution in [0, 0.1) is 6.92 Å². The maximum atomic E-state index is 12.0. The molecule has 0 saturated heterocycles. The van der Waals surface area contributed by atoms with Gasteiger partial charge in [-0.15, -0.1) is 0 Å². The molecule has 0 amide bonds. The van der Waals surface area contributed by atoms with E-state index < -0.39 is 22.0 Å². The lowest BCUT2D eigenvalue weighted by molar-refractivity contribution is -0.136. The van der Waals surface area contributed by atoms with Crippen molar-refractivity contribution in [1.29, 1.82) is 0 Å². The van der Waals surface area contributed by atoms with Crippen LogP contribution in [0.5, 0.6) is 0 Å². The van der Waals surface area contributed by atoms with Crippen LogP contribution >= 0.6 is 0 Å². The molecular formula is C13H18O3S. The van der Waals surface area contributed by atoms with Gasteiger partial charge in [-0.3, -0.25) is 9.00 Å². The van der Waals surface area contributed by atoms with Gasteiger partial charge in [-0.2, -0.15) is 0 Å². The van der Waals surface area contributed by atoms with Crippen LogP contribution in [0.3, 0.4) is 0 Å². The van der Waals surface area contributed by atoms with Gasteiger partial charge in [0.25, 0.3) is 0 Å². The number of aliphatic carboxylic acids is 1. The molecular weight excluding hydrogens is 236 g/mol. The van der Waals surface area contributed by atoms with Crippen molar-refractivity contribution >= 4 is 16.8 Å². The van der Waals surface area contributed by atoms with Crippen LogP contribution in [0.25, 0.3) is 0 Å². The minimum Gasteiger partial charge on any atom is -0.480 e. The maximum absolute atomic E-state index is 12.0. The topological polar surface area (TPSA) is 54.4 Å². The first-order valence-corrected chi connectivity index (χ1v) is 7.09. The fraction of sp³-hybridized carbons (Fsp3) is 0.462. The lowest BCUT2D eigenvalue weighted by Gasteiger charge is -2.12. The molecule has 0 aliphatic rings. The second-order valence-corrected chi connectivity index (χ2v) is 5.69. The van der Waals surface area contributed by atoms with E-state index in [2.05, 4.69) is 0 Å². The molecule has 0 aromatic heterocycles. The van der Waals surface area contributed by atoms with Gasteiger partial charge >= 0.3 is 5.97 Å². The van der Waals surface area contributed by atoms with Crippen LogP contribution in [0.4, 0.5) is 0 Å². The largest absolute Gasteiger partial charge is 0.480 e. The Hall–Kier alpha value is -1.16. The predicted octanol–water partition coefficient (Wildman–Crippen LogP) is 2.50. The average molecular weight is 254 g/mol. The second-order valence-electron chi connectivity index (χ2n) is 4.07. The summed E-state index contributed by atoms with van der Waals surface area (Å²) in [5.74, 6) is -0.636. The summed E-state index contributed by atoms with van der Waals surface area (Å²) in [5, 5.41) is 8.28. The van der Waals surface area contributed by atoms with Gasteiger partial charge in [0.05, 0.1) is 0 Å². The number of carbonyl (C=O) groups is 1. The van der Waals surface area contributed by atoms with Crippen molar-refractivity contribution in [2.45, 2.75) is 37.7 Å². The normalized spacial score (nSPS) is 14.2. The molecule has 0 saturated carbocycles. The van der Waals surface area contributed by atoms with Crippen LogP contribution < -0.4 is 0 Å². The van der Waals surface area contributed by atoms with E-state index in [9.17, 15) is 9.00 Å². The third-order valence-electron chi connectivity index (χ3n) is 2.70. The number of benzene rings is 1. The molecule has 1 aromatic rings. The van der Waals surface area contributed by atoms with Crippen molar-refractivity contribution < 1.29 is 14.1 Å². The zero-order valence-electron chi connectivity index (χ0n) is 10.2. The second kappa shape index (κ2) is 6.55. The van der Waals surface area contributed by atoms with Gasteiger partial charge in [0.15, 0.2) is 0 Å². The molecule has 0 fully saturated rings. The van der Waals surface area contributed by atoms with Gasteiger partial charge in [0, 0.05) is 16.6 Å². The first-order valence-electron chi connectivity index (χ1n) is 5.70. The van der Waals surface area contributed by atoms with E-state index in [1.807, 2.05) is 38.1 Å². The molecule has 0 heterocycles. The Bertz CT molecular complexity index is 415. The Kier molecular flexibility index (Phi) is 5.35. The zero-order chi connectivity index (χ0) is 12.8. The third kappa shape index (κ3) is 3.97. The third-order valence-corrected chi connectivity index (χ3v) is 4.37. The summed E-state index contributed by atoms with van der Waals surface area (Å²) in [4.78, 5) is 11.0. The van der Waals surface area contributed by atoms with Crippen LogP contribution in [-0.4, -0.2) is 20.5 Å². The van der Waals surface area contributed by atoms with Crippen LogP contribution in [0.1, 0.15) is 30.9 Å². The molecule has 2 unspecified atom stereocenters. The Morgan fingerprint density at radius 1 is 1.41 bits per heavy atom. The Morgan fingerprint density at radius 2 is 2.06 bits per heavy atom. The first-order chi connectivity index (χ1) is 8.06. The molecule has 0 bridgehead atoms. The molecule has 0 radical (unpaired) electrons. The van der Waals surface area contributed by atoms with Crippen LogP contribution in [-0.2, 0) is 21.3 Å². The first kappa shape index (κ1) is 13.9. The number of carboxylic acids is 1. The van der Waals surface area contributed by atoms with Gasteiger partial charge in [0.2, 0.25) is 0 Å². The minimum atomic E-state index is -1.35. The Morgan fingerprint density at radius 3 is 2.59 bits per heavy atom. The summed E-state index contributed by atoms with van der Waals surface area (Å²) in [6.45, 7) is 3.85. The lowest BCUT2D eigenvalue weighted by atomic mass is 10.1. The molecule has 17 heavy (non-hydrogen) atoms. The molecule has 0 aliphatic heterocycles. The van der Waals surface area contributed by atoms with E-state index >= 15 is 0 Å². The monoisotopic (exact) mass is 254 g/mol. The molecule has 1 aromatic carbocycles. The van der Waals surface area contributed by atoms with Crippen molar-refractivity contribution in [1.82, 2.24) is 0 Å². The summed E-state index contributed by atoms with van der Waals surface area (Å²) in [6, 6.07) is 7.65. The molecule has 3 nitrogen and oxygen atoms in total. The smallest absolute Gasteiger partial charge is 0.319 e. The van der Waals surface area contributed by atoms with Crippen molar-refractivity contribution in [3.8, 4) is 0 Å². The van der Waals surface area contributed by atoms with Crippen LogP contribution in [0.2, 0.25) is 0 Å². The summed E-state index contributed by atoms with van der Waals surface area (Å²) in [5.41, 5.74) is 2.02. The van der Waals surface area contributed by atoms with Crippen LogP contribution in [0.15, 0.2) is 24.3 Å². The molecule has 94 valence electrons. The lowest BCUT2D eigenvalue weighted by Crippen LogP contribution is -2.26. The highest BCUT2D eigenvalue weighted by molar-refractivity contribution is 7.85. The number of aryl methyl sites for hydroxylation is 1. The van der Waals surface area contributed by atoms with E-state index in [0.717, 1.165) is 17.5 Å². The maximum Gasteiger partial charge on any atom is 0.319 e. The van der Waals surface area contributed by atoms with Gasteiger partial charge in [-0.1, -0.05) is 37.6 Å².